The smallest absolute Gasteiger partial charge is 0.236 e. The third-order valence-corrected chi connectivity index (χ3v) is 6.79. The molecule has 5 heteroatoms. The standard InChI is InChI=1S/C24H42N2O3/c1-7-12-24(13-8-2)20(28-5)18-23(19-21(24)29-6)14-17-26(22(23)27)16-11-15-25(9-3)10-4/h18-19H,7-17H2,1-6H3. The predicted molar refractivity (Wildman–Crippen MR) is 118 cm³/mol. The molecule has 0 bridgehead atoms. The second-order valence-electron chi connectivity index (χ2n) is 8.47. The van der Waals surface area contributed by atoms with Crippen LogP contribution in [0.15, 0.2) is 23.7 Å². The molecule has 0 aromatic rings. The van der Waals surface area contributed by atoms with Gasteiger partial charge < -0.3 is 19.3 Å². The Labute approximate surface area is 178 Å². The van der Waals surface area contributed by atoms with Crippen LogP contribution >= 0.6 is 0 Å². The molecule has 1 saturated heterocycles. The highest BCUT2D eigenvalue weighted by atomic mass is 16.5. The lowest BCUT2D eigenvalue weighted by atomic mass is 9.67. The Morgan fingerprint density at radius 1 is 1.00 bits per heavy atom. The van der Waals surface area contributed by atoms with E-state index in [0.717, 1.165) is 82.8 Å². The highest BCUT2D eigenvalue weighted by Gasteiger charge is 2.52. The minimum absolute atomic E-state index is 0.197. The van der Waals surface area contributed by atoms with E-state index < -0.39 is 5.41 Å². The van der Waals surface area contributed by atoms with E-state index in [0.29, 0.717) is 0 Å². The average Bonchev–Trinajstić information content (AvgIpc) is 3.02. The van der Waals surface area contributed by atoms with Gasteiger partial charge in [-0.25, -0.2) is 0 Å². The second kappa shape index (κ2) is 10.5. The zero-order valence-corrected chi connectivity index (χ0v) is 19.6. The molecule has 1 fully saturated rings. The molecule has 0 atom stereocenters. The number of methoxy groups -OCH3 is 2. The lowest BCUT2D eigenvalue weighted by Crippen LogP contribution is -2.40. The number of ether oxygens (including phenoxy) is 2. The van der Waals surface area contributed by atoms with Crippen LogP contribution in [0.2, 0.25) is 0 Å². The average molecular weight is 407 g/mol. The lowest BCUT2D eigenvalue weighted by molar-refractivity contribution is -0.132. The van der Waals surface area contributed by atoms with Gasteiger partial charge in [-0.2, -0.15) is 0 Å². The van der Waals surface area contributed by atoms with Crippen molar-refractivity contribution in [3.8, 4) is 0 Å². The van der Waals surface area contributed by atoms with Crippen LogP contribution in [-0.4, -0.2) is 62.7 Å². The predicted octanol–water partition coefficient (Wildman–Crippen LogP) is 4.60. The summed E-state index contributed by atoms with van der Waals surface area (Å²) in [6, 6.07) is 0. The van der Waals surface area contributed by atoms with Crippen molar-refractivity contribution < 1.29 is 14.3 Å². The number of hydrogen-bond acceptors (Lipinski definition) is 4. The van der Waals surface area contributed by atoms with Gasteiger partial charge in [0.05, 0.1) is 25.0 Å². The maximum atomic E-state index is 13.5. The molecule has 1 spiro atoms. The normalized spacial score (nSPS) is 20.2. The first-order chi connectivity index (χ1) is 14.0. The van der Waals surface area contributed by atoms with Crippen molar-refractivity contribution in [1.29, 1.82) is 0 Å². The van der Waals surface area contributed by atoms with E-state index in [1.54, 1.807) is 14.2 Å². The maximum Gasteiger partial charge on any atom is 0.236 e. The Morgan fingerprint density at radius 2 is 1.55 bits per heavy atom. The summed E-state index contributed by atoms with van der Waals surface area (Å²) in [6.07, 6.45) is 10.1. The van der Waals surface area contributed by atoms with Crippen LogP contribution in [0.4, 0.5) is 0 Å². The molecule has 1 heterocycles. The van der Waals surface area contributed by atoms with Gasteiger partial charge in [0.25, 0.3) is 0 Å². The van der Waals surface area contributed by atoms with Crippen molar-refractivity contribution in [3.05, 3.63) is 23.7 Å². The molecule has 0 radical (unpaired) electrons. The quantitative estimate of drug-likeness (QED) is 0.475. The van der Waals surface area contributed by atoms with Gasteiger partial charge in [-0.05, 0) is 57.5 Å². The molecular formula is C24H42N2O3. The first-order valence-corrected chi connectivity index (χ1v) is 11.5. The summed E-state index contributed by atoms with van der Waals surface area (Å²) < 4.78 is 11.8. The molecule has 1 aliphatic carbocycles. The summed E-state index contributed by atoms with van der Waals surface area (Å²) in [5.41, 5.74) is -0.856. The van der Waals surface area contributed by atoms with E-state index >= 15 is 0 Å². The van der Waals surface area contributed by atoms with Gasteiger partial charge in [0.15, 0.2) is 0 Å². The first kappa shape index (κ1) is 23.8. The molecular weight excluding hydrogens is 364 g/mol. The fourth-order valence-electron chi connectivity index (χ4n) is 5.22. The molecule has 0 aromatic heterocycles. The molecule has 29 heavy (non-hydrogen) atoms. The molecule has 0 aromatic carbocycles. The Hall–Kier alpha value is -1.49. The van der Waals surface area contributed by atoms with E-state index in [9.17, 15) is 4.79 Å². The number of rotatable bonds is 12. The molecule has 0 N–H and O–H groups in total. The van der Waals surface area contributed by atoms with Gasteiger partial charge in [0, 0.05) is 13.1 Å². The van der Waals surface area contributed by atoms with Crippen molar-refractivity contribution in [3.63, 3.8) is 0 Å². The summed E-state index contributed by atoms with van der Waals surface area (Å²) >= 11 is 0. The number of carbonyl (C=O) groups is 1. The zero-order valence-electron chi connectivity index (χ0n) is 19.6. The van der Waals surface area contributed by atoms with Crippen LogP contribution in [0.5, 0.6) is 0 Å². The number of hydrogen-bond donors (Lipinski definition) is 0. The van der Waals surface area contributed by atoms with Crippen LogP contribution in [0.1, 0.15) is 66.2 Å². The van der Waals surface area contributed by atoms with Gasteiger partial charge in [0.1, 0.15) is 11.5 Å². The minimum atomic E-state index is -0.614. The Kier molecular flexibility index (Phi) is 8.62. The fraction of sp³-hybridized carbons (Fsp3) is 0.792. The zero-order chi connectivity index (χ0) is 21.5. The van der Waals surface area contributed by atoms with Crippen LogP contribution in [-0.2, 0) is 14.3 Å². The van der Waals surface area contributed by atoms with E-state index in [1.165, 1.54) is 0 Å². The molecule has 5 nitrogen and oxygen atoms in total. The summed E-state index contributed by atoms with van der Waals surface area (Å²) in [5.74, 6) is 2.03. The number of amides is 1. The summed E-state index contributed by atoms with van der Waals surface area (Å²) in [4.78, 5) is 17.9. The van der Waals surface area contributed by atoms with Crippen molar-refractivity contribution in [2.45, 2.75) is 66.2 Å². The minimum Gasteiger partial charge on any atom is -0.500 e. The van der Waals surface area contributed by atoms with Crippen LogP contribution in [0, 0.1) is 10.8 Å². The van der Waals surface area contributed by atoms with Gasteiger partial charge >= 0.3 is 0 Å². The molecule has 0 saturated carbocycles. The Balaban J connectivity index is 2.25. The van der Waals surface area contributed by atoms with Crippen LogP contribution < -0.4 is 0 Å². The molecule has 1 aliphatic heterocycles. The summed E-state index contributed by atoms with van der Waals surface area (Å²) in [5, 5.41) is 0. The topological polar surface area (TPSA) is 42.0 Å². The first-order valence-electron chi connectivity index (χ1n) is 11.5. The Bertz CT molecular complexity index is 577. The highest BCUT2D eigenvalue weighted by Crippen LogP contribution is 2.53. The number of carbonyl (C=O) groups excluding carboxylic acids is 1. The largest absolute Gasteiger partial charge is 0.500 e. The maximum absolute atomic E-state index is 13.5. The second-order valence-corrected chi connectivity index (χ2v) is 8.47. The van der Waals surface area contributed by atoms with Crippen LogP contribution in [0.3, 0.4) is 0 Å². The van der Waals surface area contributed by atoms with Gasteiger partial charge in [0.2, 0.25) is 5.91 Å². The number of likely N-dealkylation sites (tertiary alicyclic amines) is 1. The van der Waals surface area contributed by atoms with Crippen LogP contribution in [0.25, 0.3) is 0 Å². The fourth-order valence-corrected chi connectivity index (χ4v) is 5.22. The van der Waals surface area contributed by atoms with E-state index in [1.807, 2.05) is 4.90 Å². The van der Waals surface area contributed by atoms with Crippen molar-refractivity contribution in [2.75, 3.05) is 46.9 Å². The van der Waals surface area contributed by atoms with Gasteiger partial charge in [-0.1, -0.05) is 40.5 Å². The van der Waals surface area contributed by atoms with E-state index in [2.05, 4.69) is 44.7 Å². The third-order valence-electron chi connectivity index (χ3n) is 6.79. The van der Waals surface area contributed by atoms with Crippen molar-refractivity contribution in [2.24, 2.45) is 10.8 Å². The summed E-state index contributed by atoms with van der Waals surface area (Å²) in [6.45, 7) is 13.5. The highest BCUT2D eigenvalue weighted by molar-refractivity contribution is 5.89. The van der Waals surface area contributed by atoms with Gasteiger partial charge in [-0.15, -0.1) is 0 Å². The van der Waals surface area contributed by atoms with Gasteiger partial charge in [-0.3, -0.25) is 4.79 Å². The third kappa shape index (κ3) is 4.65. The van der Waals surface area contributed by atoms with E-state index in [-0.39, 0.29) is 11.3 Å². The number of nitrogens with zero attached hydrogens (tertiary/aromatic N) is 2. The molecule has 2 rings (SSSR count). The molecule has 1 amide bonds. The molecule has 166 valence electrons. The molecule has 0 unspecified atom stereocenters. The lowest BCUT2D eigenvalue weighted by Gasteiger charge is -2.41. The summed E-state index contributed by atoms with van der Waals surface area (Å²) in [7, 11) is 3.47. The SMILES string of the molecule is CCCC1(CCC)C(OC)=CC2(C=C1OC)CCN(CCCN(CC)CC)C2=O. The van der Waals surface area contributed by atoms with E-state index in [4.69, 9.17) is 9.47 Å². The molecule has 2 aliphatic rings. The van der Waals surface area contributed by atoms with Crippen molar-refractivity contribution in [1.82, 2.24) is 9.80 Å². The van der Waals surface area contributed by atoms with Crippen molar-refractivity contribution >= 4 is 5.91 Å². The Morgan fingerprint density at radius 3 is 2.00 bits per heavy atom. The monoisotopic (exact) mass is 406 g/mol.